The third-order valence-corrected chi connectivity index (χ3v) is 6.72. The fourth-order valence-corrected chi connectivity index (χ4v) is 5.35. The fraction of sp³-hybridized carbons (Fsp3) is 1.00. The quantitative estimate of drug-likeness (QED) is 0.613. The van der Waals surface area contributed by atoms with Crippen LogP contribution in [0.2, 0.25) is 0 Å². The van der Waals surface area contributed by atoms with E-state index in [0.29, 0.717) is 6.04 Å². The Hall–Kier alpha value is -0.120. The van der Waals surface area contributed by atoms with Gasteiger partial charge in [-0.05, 0) is 56.3 Å². The van der Waals surface area contributed by atoms with Gasteiger partial charge < -0.3 is 4.74 Å². The van der Waals surface area contributed by atoms with Crippen LogP contribution in [0.15, 0.2) is 0 Å². The molecule has 1 aliphatic heterocycles. The van der Waals surface area contributed by atoms with E-state index in [9.17, 15) is 0 Å². The Morgan fingerprint density at radius 3 is 2.43 bits per heavy atom. The monoisotopic (exact) mass is 294 g/mol. The zero-order valence-corrected chi connectivity index (χ0v) is 13.8. The summed E-state index contributed by atoms with van der Waals surface area (Å²) in [6.45, 7) is 3.29. The van der Waals surface area contributed by atoms with Crippen molar-refractivity contribution in [1.82, 2.24) is 5.43 Å². The minimum atomic E-state index is 0.221. The molecule has 0 aromatic rings. The maximum absolute atomic E-state index is 6.20. The summed E-state index contributed by atoms with van der Waals surface area (Å²) >= 11 is 0. The Balaban J connectivity index is 1.60. The average Bonchev–Trinajstić information content (AvgIpc) is 2.96. The highest BCUT2D eigenvalue weighted by Crippen LogP contribution is 2.45. The summed E-state index contributed by atoms with van der Waals surface area (Å²) in [5.41, 5.74) is 3.45. The van der Waals surface area contributed by atoms with Crippen LogP contribution in [0.25, 0.3) is 0 Å². The van der Waals surface area contributed by atoms with Gasteiger partial charge in [-0.25, -0.2) is 0 Å². The molecular weight excluding hydrogens is 260 g/mol. The Labute approximate surface area is 130 Å². The molecule has 0 aromatic carbocycles. The van der Waals surface area contributed by atoms with Crippen LogP contribution in [-0.2, 0) is 4.74 Å². The van der Waals surface area contributed by atoms with Crippen molar-refractivity contribution in [2.45, 2.75) is 89.2 Å². The van der Waals surface area contributed by atoms with Crippen LogP contribution in [0.3, 0.4) is 0 Å². The van der Waals surface area contributed by atoms with Gasteiger partial charge in [0.2, 0.25) is 0 Å². The molecule has 2 aliphatic carbocycles. The van der Waals surface area contributed by atoms with Crippen molar-refractivity contribution in [3.8, 4) is 0 Å². The zero-order chi connectivity index (χ0) is 14.7. The van der Waals surface area contributed by atoms with Gasteiger partial charge in [0.1, 0.15) is 0 Å². The van der Waals surface area contributed by atoms with Crippen molar-refractivity contribution >= 4 is 0 Å². The van der Waals surface area contributed by atoms with E-state index < -0.39 is 0 Å². The SMILES string of the molecule is CCC1CCC(C(NN)C2CCOC3(CCCC3)C2)CC1. The third kappa shape index (κ3) is 3.46. The molecule has 21 heavy (non-hydrogen) atoms. The van der Waals surface area contributed by atoms with E-state index >= 15 is 0 Å². The molecule has 1 saturated heterocycles. The fourth-order valence-electron chi connectivity index (χ4n) is 5.35. The van der Waals surface area contributed by atoms with Crippen molar-refractivity contribution < 1.29 is 4.74 Å². The van der Waals surface area contributed by atoms with Gasteiger partial charge in [-0.2, -0.15) is 0 Å². The standard InChI is InChI=1S/C18H34N2O/c1-2-14-5-7-15(8-6-14)17(20-19)16-9-12-21-18(13-16)10-3-4-11-18/h14-17,20H,2-13,19H2,1H3. The number of hydrogen-bond donors (Lipinski definition) is 2. The largest absolute Gasteiger partial charge is 0.375 e. The number of nitrogens with one attached hydrogen (secondary N) is 1. The Kier molecular flexibility index (Phi) is 5.23. The minimum absolute atomic E-state index is 0.221. The Morgan fingerprint density at radius 2 is 1.81 bits per heavy atom. The van der Waals surface area contributed by atoms with Crippen molar-refractivity contribution in [3.63, 3.8) is 0 Å². The molecule has 0 amide bonds. The third-order valence-electron chi connectivity index (χ3n) is 6.72. The molecule has 3 heteroatoms. The first-order chi connectivity index (χ1) is 10.3. The summed E-state index contributed by atoms with van der Waals surface area (Å²) in [4.78, 5) is 0. The highest BCUT2D eigenvalue weighted by atomic mass is 16.5. The van der Waals surface area contributed by atoms with E-state index in [1.54, 1.807) is 0 Å². The predicted molar refractivity (Wildman–Crippen MR) is 86.7 cm³/mol. The van der Waals surface area contributed by atoms with Crippen molar-refractivity contribution in [2.24, 2.45) is 23.6 Å². The first kappa shape index (κ1) is 15.8. The van der Waals surface area contributed by atoms with Crippen LogP contribution in [0.5, 0.6) is 0 Å². The van der Waals surface area contributed by atoms with Crippen molar-refractivity contribution in [3.05, 3.63) is 0 Å². The first-order valence-electron chi connectivity index (χ1n) is 9.36. The molecule has 2 saturated carbocycles. The lowest BCUT2D eigenvalue weighted by Gasteiger charge is -2.44. The Morgan fingerprint density at radius 1 is 1.10 bits per heavy atom. The molecule has 3 fully saturated rings. The maximum Gasteiger partial charge on any atom is 0.0685 e. The van der Waals surface area contributed by atoms with Gasteiger partial charge in [0.15, 0.2) is 0 Å². The van der Waals surface area contributed by atoms with Crippen molar-refractivity contribution in [2.75, 3.05) is 6.61 Å². The van der Waals surface area contributed by atoms with E-state index in [4.69, 9.17) is 10.6 Å². The molecule has 3 aliphatic rings. The summed E-state index contributed by atoms with van der Waals surface area (Å²) in [5, 5.41) is 0. The van der Waals surface area contributed by atoms with Gasteiger partial charge in [0.25, 0.3) is 0 Å². The summed E-state index contributed by atoms with van der Waals surface area (Å²) in [5.74, 6) is 8.48. The van der Waals surface area contributed by atoms with Gasteiger partial charge in [-0.15, -0.1) is 0 Å². The lowest BCUT2D eigenvalue weighted by Crippen LogP contribution is -2.51. The van der Waals surface area contributed by atoms with Crippen LogP contribution in [0.4, 0.5) is 0 Å². The maximum atomic E-state index is 6.20. The summed E-state index contributed by atoms with van der Waals surface area (Å²) in [6.07, 6.45) is 14.6. The molecule has 1 heterocycles. The summed E-state index contributed by atoms with van der Waals surface area (Å²) < 4.78 is 6.20. The number of hydrogen-bond acceptors (Lipinski definition) is 3. The molecular formula is C18H34N2O. The second kappa shape index (κ2) is 6.97. The first-order valence-corrected chi connectivity index (χ1v) is 9.36. The van der Waals surface area contributed by atoms with Gasteiger partial charge in [0, 0.05) is 12.6 Å². The molecule has 3 N–H and O–H groups in total. The molecule has 1 spiro atoms. The summed E-state index contributed by atoms with van der Waals surface area (Å²) in [6, 6.07) is 0.518. The van der Waals surface area contributed by atoms with Crippen LogP contribution < -0.4 is 11.3 Å². The second-order valence-corrected chi connectivity index (χ2v) is 7.87. The highest BCUT2D eigenvalue weighted by Gasteiger charge is 2.43. The van der Waals surface area contributed by atoms with Gasteiger partial charge in [-0.3, -0.25) is 11.3 Å². The van der Waals surface area contributed by atoms with Crippen LogP contribution in [0, 0.1) is 17.8 Å². The number of nitrogens with two attached hydrogens (primary N) is 1. The van der Waals surface area contributed by atoms with Gasteiger partial charge in [0.05, 0.1) is 5.60 Å². The average molecular weight is 294 g/mol. The summed E-state index contributed by atoms with van der Waals surface area (Å²) in [7, 11) is 0. The minimum Gasteiger partial charge on any atom is -0.375 e. The molecule has 0 radical (unpaired) electrons. The zero-order valence-electron chi connectivity index (χ0n) is 13.8. The molecule has 2 atom stereocenters. The van der Waals surface area contributed by atoms with E-state index in [0.717, 1.165) is 24.4 Å². The number of rotatable bonds is 4. The lowest BCUT2D eigenvalue weighted by atomic mass is 9.71. The van der Waals surface area contributed by atoms with Gasteiger partial charge >= 0.3 is 0 Å². The molecule has 122 valence electrons. The van der Waals surface area contributed by atoms with E-state index in [-0.39, 0.29) is 5.60 Å². The smallest absolute Gasteiger partial charge is 0.0685 e. The Bertz CT molecular complexity index is 319. The normalized spacial score (nSPS) is 37.7. The second-order valence-electron chi connectivity index (χ2n) is 7.87. The lowest BCUT2D eigenvalue weighted by molar-refractivity contribution is -0.102. The number of ether oxygens (including phenoxy) is 1. The van der Waals surface area contributed by atoms with Crippen LogP contribution >= 0.6 is 0 Å². The van der Waals surface area contributed by atoms with Crippen molar-refractivity contribution in [1.29, 1.82) is 0 Å². The van der Waals surface area contributed by atoms with E-state index in [1.165, 1.54) is 70.6 Å². The predicted octanol–water partition coefficient (Wildman–Crippen LogP) is 3.77. The van der Waals surface area contributed by atoms with E-state index in [2.05, 4.69) is 12.3 Å². The number of hydrazine groups is 1. The van der Waals surface area contributed by atoms with Crippen LogP contribution in [-0.4, -0.2) is 18.2 Å². The molecule has 3 nitrogen and oxygen atoms in total. The highest BCUT2D eigenvalue weighted by molar-refractivity contribution is 4.96. The van der Waals surface area contributed by atoms with Gasteiger partial charge in [-0.1, -0.05) is 39.0 Å². The molecule has 0 bridgehead atoms. The topological polar surface area (TPSA) is 47.3 Å². The molecule has 2 unspecified atom stereocenters. The molecule has 3 rings (SSSR count). The molecule has 0 aromatic heterocycles. The van der Waals surface area contributed by atoms with Crippen LogP contribution in [0.1, 0.15) is 77.6 Å². The van der Waals surface area contributed by atoms with E-state index in [1.807, 2.05) is 0 Å².